The second kappa shape index (κ2) is 6.14. The highest BCUT2D eigenvalue weighted by molar-refractivity contribution is 7.09. The molecule has 0 bridgehead atoms. The van der Waals surface area contributed by atoms with Gasteiger partial charge in [0.05, 0.1) is 13.2 Å². The zero-order valence-corrected chi connectivity index (χ0v) is 11.2. The Morgan fingerprint density at radius 1 is 1.42 bits per heavy atom. The molecule has 0 saturated carbocycles. The minimum Gasteiger partial charge on any atom is -0.386 e. The zero-order chi connectivity index (χ0) is 13.7. The van der Waals surface area contributed by atoms with Crippen LogP contribution in [0.5, 0.6) is 0 Å². The summed E-state index contributed by atoms with van der Waals surface area (Å²) in [7, 11) is 0. The molecule has 1 aromatic heterocycles. The first-order valence-corrected chi connectivity index (χ1v) is 6.86. The summed E-state index contributed by atoms with van der Waals surface area (Å²) in [5, 5.41) is 16.8. The van der Waals surface area contributed by atoms with Gasteiger partial charge in [0.2, 0.25) is 0 Å². The summed E-state index contributed by atoms with van der Waals surface area (Å²) in [6, 6.07) is 3.75. The Morgan fingerprint density at radius 2 is 2.21 bits per heavy atom. The lowest BCUT2D eigenvalue weighted by Gasteiger charge is -2.20. The van der Waals surface area contributed by atoms with E-state index in [0.717, 1.165) is 4.88 Å². The van der Waals surface area contributed by atoms with Crippen LogP contribution in [0.2, 0.25) is 0 Å². The molecule has 0 radical (unpaired) electrons. The van der Waals surface area contributed by atoms with Gasteiger partial charge in [0, 0.05) is 24.4 Å². The number of carbonyl (C=O) groups is 2. The van der Waals surface area contributed by atoms with Crippen LogP contribution in [-0.2, 0) is 20.9 Å². The van der Waals surface area contributed by atoms with Crippen molar-refractivity contribution in [3.05, 3.63) is 22.4 Å². The van der Waals surface area contributed by atoms with Crippen LogP contribution in [0.4, 0.5) is 0 Å². The number of nitrogens with one attached hydrogen (secondary N) is 2. The molecule has 2 heterocycles. The van der Waals surface area contributed by atoms with Crippen molar-refractivity contribution < 1.29 is 19.4 Å². The zero-order valence-electron chi connectivity index (χ0n) is 10.3. The largest absolute Gasteiger partial charge is 0.386 e. The summed E-state index contributed by atoms with van der Waals surface area (Å²) >= 11 is 1.51. The smallest absolute Gasteiger partial charge is 0.309 e. The summed E-state index contributed by atoms with van der Waals surface area (Å²) in [6.45, 7) is 1.01. The van der Waals surface area contributed by atoms with Crippen molar-refractivity contribution in [2.24, 2.45) is 0 Å². The summed E-state index contributed by atoms with van der Waals surface area (Å²) in [5.74, 6) is -1.44. The van der Waals surface area contributed by atoms with Crippen molar-refractivity contribution in [3.63, 3.8) is 0 Å². The molecule has 0 aliphatic carbocycles. The van der Waals surface area contributed by atoms with E-state index in [1.54, 1.807) is 0 Å². The third kappa shape index (κ3) is 4.02. The van der Waals surface area contributed by atoms with Crippen molar-refractivity contribution in [1.82, 2.24) is 10.6 Å². The maximum absolute atomic E-state index is 11.5. The van der Waals surface area contributed by atoms with Gasteiger partial charge < -0.3 is 20.5 Å². The van der Waals surface area contributed by atoms with Crippen molar-refractivity contribution in [3.8, 4) is 0 Å². The first-order chi connectivity index (χ1) is 9.09. The quantitative estimate of drug-likeness (QED) is 0.658. The molecule has 2 amide bonds. The van der Waals surface area contributed by atoms with Gasteiger partial charge in [-0.15, -0.1) is 11.3 Å². The Kier molecular flexibility index (Phi) is 4.52. The molecule has 1 unspecified atom stereocenters. The van der Waals surface area contributed by atoms with Crippen LogP contribution in [0.25, 0.3) is 0 Å². The van der Waals surface area contributed by atoms with Gasteiger partial charge in [-0.3, -0.25) is 9.59 Å². The van der Waals surface area contributed by atoms with Gasteiger partial charge in [0.1, 0.15) is 5.60 Å². The molecular weight excluding hydrogens is 268 g/mol. The van der Waals surface area contributed by atoms with Gasteiger partial charge in [-0.05, 0) is 11.4 Å². The van der Waals surface area contributed by atoms with Gasteiger partial charge in [0.25, 0.3) is 0 Å². The van der Waals surface area contributed by atoms with Crippen LogP contribution in [0.3, 0.4) is 0 Å². The normalized spacial score (nSPS) is 22.2. The standard InChI is InChI=1S/C12H16N2O4S/c15-10(13-6-9-2-1-5-19-9)11(16)14-7-12(17)3-4-18-8-12/h1-2,5,17H,3-4,6-8H2,(H,13,15)(H,14,16). The van der Waals surface area contributed by atoms with Crippen molar-refractivity contribution in [1.29, 1.82) is 0 Å². The highest BCUT2D eigenvalue weighted by Crippen LogP contribution is 2.16. The van der Waals surface area contributed by atoms with Gasteiger partial charge in [-0.1, -0.05) is 6.07 Å². The number of amides is 2. The van der Waals surface area contributed by atoms with E-state index in [1.165, 1.54) is 11.3 Å². The molecule has 1 atom stereocenters. The number of rotatable bonds is 4. The molecular formula is C12H16N2O4S. The summed E-state index contributed by atoms with van der Waals surface area (Å²) < 4.78 is 5.05. The summed E-state index contributed by atoms with van der Waals surface area (Å²) in [6.07, 6.45) is 0.462. The van der Waals surface area contributed by atoms with E-state index < -0.39 is 17.4 Å². The predicted molar refractivity (Wildman–Crippen MR) is 69.6 cm³/mol. The van der Waals surface area contributed by atoms with Crippen LogP contribution in [0.15, 0.2) is 17.5 Å². The predicted octanol–water partition coefficient (Wildman–Crippen LogP) is -0.368. The fourth-order valence-corrected chi connectivity index (χ4v) is 2.37. The molecule has 1 aliphatic rings. The minimum absolute atomic E-state index is 0.0260. The lowest BCUT2D eigenvalue weighted by molar-refractivity contribution is -0.139. The van der Waals surface area contributed by atoms with E-state index in [4.69, 9.17) is 4.74 Å². The monoisotopic (exact) mass is 284 g/mol. The van der Waals surface area contributed by atoms with E-state index in [9.17, 15) is 14.7 Å². The fourth-order valence-electron chi connectivity index (χ4n) is 1.72. The van der Waals surface area contributed by atoms with Crippen molar-refractivity contribution in [2.75, 3.05) is 19.8 Å². The topological polar surface area (TPSA) is 87.7 Å². The molecule has 7 heteroatoms. The van der Waals surface area contributed by atoms with Gasteiger partial charge in [-0.25, -0.2) is 0 Å². The molecule has 104 valence electrons. The number of hydrogen-bond acceptors (Lipinski definition) is 5. The second-order valence-corrected chi connectivity index (χ2v) is 5.50. The first kappa shape index (κ1) is 14.0. The lowest BCUT2D eigenvalue weighted by Crippen LogP contribution is -2.47. The molecule has 2 rings (SSSR count). The molecule has 1 aromatic rings. The third-order valence-electron chi connectivity index (χ3n) is 2.87. The molecule has 3 N–H and O–H groups in total. The highest BCUT2D eigenvalue weighted by Gasteiger charge is 2.33. The maximum Gasteiger partial charge on any atom is 0.309 e. The third-order valence-corrected chi connectivity index (χ3v) is 3.75. The Bertz CT molecular complexity index is 441. The maximum atomic E-state index is 11.5. The Hall–Kier alpha value is -1.44. The number of carbonyl (C=O) groups excluding carboxylic acids is 2. The molecule has 6 nitrogen and oxygen atoms in total. The summed E-state index contributed by atoms with van der Waals surface area (Å²) in [5.41, 5.74) is -1.05. The molecule has 0 spiro atoms. The van der Waals surface area contributed by atoms with Gasteiger partial charge in [-0.2, -0.15) is 0 Å². The van der Waals surface area contributed by atoms with Crippen LogP contribution in [-0.4, -0.2) is 42.3 Å². The fraction of sp³-hybridized carbons (Fsp3) is 0.500. The van der Waals surface area contributed by atoms with Crippen LogP contribution < -0.4 is 10.6 Å². The highest BCUT2D eigenvalue weighted by atomic mass is 32.1. The molecule has 1 saturated heterocycles. The molecule has 1 fully saturated rings. The number of aliphatic hydroxyl groups is 1. The van der Waals surface area contributed by atoms with E-state index in [0.29, 0.717) is 19.6 Å². The van der Waals surface area contributed by atoms with Gasteiger partial charge in [0.15, 0.2) is 0 Å². The van der Waals surface area contributed by atoms with Crippen molar-refractivity contribution >= 4 is 23.2 Å². The van der Waals surface area contributed by atoms with E-state index in [-0.39, 0.29) is 13.2 Å². The Morgan fingerprint density at radius 3 is 2.84 bits per heavy atom. The van der Waals surface area contributed by atoms with E-state index in [2.05, 4.69) is 10.6 Å². The minimum atomic E-state index is -1.05. The molecule has 0 aromatic carbocycles. The number of thiophene rings is 1. The Balaban J connectivity index is 1.71. The van der Waals surface area contributed by atoms with E-state index in [1.807, 2.05) is 17.5 Å². The van der Waals surface area contributed by atoms with Gasteiger partial charge >= 0.3 is 11.8 Å². The van der Waals surface area contributed by atoms with Crippen LogP contribution >= 0.6 is 11.3 Å². The molecule has 19 heavy (non-hydrogen) atoms. The SMILES string of the molecule is O=C(NCc1cccs1)C(=O)NCC1(O)CCOC1. The second-order valence-electron chi connectivity index (χ2n) is 4.47. The number of hydrogen-bond donors (Lipinski definition) is 3. The Labute approximate surface area is 114 Å². The number of ether oxygens (including phenoxy) is 1. The molecule has 1 aliphatic heterocycles. The average Bonchev–Trinajstić information content (AvgIpc) is 3.05. The van der Waals surface area contributed by atoms with Crippen molar-refractivity contribution in [2.45, 2.75) is 18.6 Å². The lowest BCUT2D eigenvalue weighted by atomic mass is 10.0. The van der Waals surface area contributed by atoms with Crippen LogP contribution in [0, 0.1) is 0 Å². The average molecular weight is 284 g/mol. The van der Waals surface area contributed by atoms with Crippen LogP contribution in [0.1, 0.15) is 11.3 Å². The van der Waals surface area contributed by atoms with E-state index >= 15 is 0 Å². The first-order valence-electron chi connectivity index (χ1n) is 5.98. The summed E-state index contributed by atoms with van der Waals surface area (Å²) in [4.78, 5) is 24.0.